The molecule has 1 atom stereocenters. The molecule has 120 valence electrons. The number of rotatable bonds is 3. The number of aromatic nitrogens is 3. The predicted molar refractivity (Wildman–Crippen MR) is 89.3 cm³/mol. The van der Waals surface area contributed by atoms with Gasteiger partial charge in [0.2, 0.25) is 0 Å². The molecule has 3 heterocycles. The average Bonchev–Trinajstić information content (AvgIpc) is 2.84. The lowest BCUT2D eigenvalue weighted by Crippen LogP contribution is -2.26. The first kappa shape index (κ1) is 15.6. The Bertz CT molecular complexity index is 656. The lowest BCUT2D eigenvalue weighted by Gasteiger charge is -2.24. The van der Waals surface area contributed by atoms with Crippen LogP contribution in [0, 0.1) is 0 Å². The molecule has 1 N–H and O–H groups in total. The van der Waals surface area contributed by atoms with Crippen LogP contribution in [-0.4, -0.2) is 26.9 Å². The first-order chi connectivity index (χ1) is 10.5. The lowest BCUT2D eigenvalue weighted by molar-refractivity contribution is -0.0371. The van der Waals surface area contributed by atoms with Crippen LogP contribution < -0.4 is 5.32 Å². The molecule has 1 aliphatic heterocycles. The molecule has 1 saturated heterocycles. The number of fused-ring (bicyclic) bond motifs is 1. The number of anilines is 1. The van der Waals surface area contributed by atoms with E-state index in [0.29, 0.717) is 5.88 Å². The normalized spacial score (nSPS) is 19.5. The highest BCUT2D eigenvalue weighted by Gasteiger charge is 2.22. The van der Waals surface area contributed by atoms with Crippen molar-refractivity contribution < 1.29 is 4.74 Å². The van der Waals surface area contributed by atoms with Crippen molar-refractivity contribution >= 4 is 28.5 Å². The number of nitrogens with zero attached hydrogens (tertiary/aromatic N) is 3. The molecule has 1 fully saturated rings. The van der Waals surface area contributed by atoms with E-state index in [-0.39, 0.29) is 11.8 Å². The maximum atomic E-state index is 6.04. The summed E-state index contributed by atoms with van der Waals surface area (Å²) in [6, 6.07) is 4.03. The maximum Gasteiger partial charge on any atom is 0.163 e. The minimum absolute atomic E-state index is 0.0365. The van der Waals surface area contributed by atoms with Crippen LogP contribution in [0.2, 0.25) is 0 Å². The van der Waals surface area contributed by atoms with Gasteiger partial charge in [-0.25, -0.2) is 9.67 Å². The van der Waals surface area contributed by atoms with Gasteiger partial charge >= 0.3 is 0 Å². The highest BCUT2D eigenvalue weighted by molar-refractivity contribution is 6.17. The number of ether oxygens (including phenoxy) is 1. The zero-order chi connectivity index (χ0) is 15.7. The molecular formula is C16H23ClN4O. The van der Waals surface area contributed by atoms with Crippen molar-refractivity contribution in [2.75, 3.05) is 11.9 Å². The Kier molecular flexibility index (Phi) is 4.28. The molecule has 2 aromatic rings. The minimum atomic E-state index is -0.0395. The number of hydrogen-bond acceptors (Lipinski definition) is 4. The Hall–Kier alpha value is -1.33. The lowest BCUT2D eigenvalue weighted by atomic mass is 10.1. The summed E-state index contributed by atoms with van der Waals surface area (Å²) >= 11 is 6.04. The van der Waals surface area contributed by atoms with E-state index in [0.717, 1.165) is 48.4 Å². The van der Waals surface area contributed by atoms with Crippen LogP contribution >= 0.6 is 11.6 Å². The zero-order valence-corrected chi connectivity index (χ0v) is 14.2. The van der Waals surface area contributed by atoms with Gasteiger partial charge in [-0.3, -0.25) is 0 Å². The second kappa shape index (κ2) is 6.05. The van der Waals surface area contributed by atoms with Gasteiger partial charge in [0.05, 0.1) is 11.6 Å². The van der Waals surface area contributed by atoms with Gasteiger partial charge in [-0.15, -0.1) is 11.6 Å². The summed E-state index contributed by atoms with van der Waals surface area (Å²) in [4.78, 5) is 4.76. The minimum Gasteiger partial charge on any atom is -0.365 e. The molecule has 0 amide bonds. The fourth-order valence-corrected chi connectivity index (χ4v) is 2.95. The highest BCUT2D eigenvalue weighted by atomic mass is 35.5. The van der Waals surface area contributed by atoms with Gasteiger partial charge in [-0.2, -0.15) is 5.10 Å². The van der Waals surface area contributed by atoms with Gasteiger partial charge in [0.25, 0.3) is 0 Å². The molecule has 22 heavy (non-hydrogen) atoms. The van der Waals surface area contributed by atoms with Crippen LogP contribution in [0.5, 0.6) is 0 Å². The molecule has 0 radical (unpaired) electrons. The third-order valence-electron chi connectivity index (χ3n) is 3.69. The molecule has 0 bridgehead atoms. The summed E-state index contributed by atoms with van der Waals surface area (Å²) in [7, 11) is 0. The van der Waals surface area contributed by atoms with Gasteiger partial charge in [0.15, 0.2) is 11.9 Å². The molecule has 5 nitrogen and oxygen atoms in total. The summed E-state index contributed by atoms with van der Waals surface area (Å²) in [5, 5.41) is 9.05. The molecule has 2 aromatic heterocycles. The second-order valence-electron chi connectivity index (χ2n) is 6.79. The SMILES string of the molecule is CC(C)(C)Nc1ccc2c(CCl)nn(C3CCCCO3)c2n1. The molecule has 0 aliphatic carbocycles. The van der Waals surface area contributed by atoms with Crippen molar-refractivity contribution in [1.82, 2.24) is 14.8 Å². The molecule has 0 spiro atoms. The fourth-order valence-electron chi connectivity index (χ4n) is 2.75. The van der Waals surface area contributed by atoms with Gasteiger partial charge < -0.3 is 10.1 Å². The summed E-state index contributed by atoms with van der Waals surface area (Å²) in [5.74, 6) is 1.22. The monoisotopic (exact) mass is 322 g/mol. The molecule has 6 heteroatoms. The van der Waals surface area contributed by atoms with Gasteiger partial charge in [0.1, 0.15) is 5.82 Å². The summed E-state index contributed by atoms with van der Waals surface area (Å²) in [6.07, 6.45) is 3.20. The Morgan fingerprint density at radius 2 is 2.18 bits per heavy atom. The molecule has 1 unspecified atom stereocenters. The first-order valence-corrected chi connectivity index (χ1v) is 8.35. The summed E-state index contributed by atoms with van der Waals surface area (Å²) in [6.45, 7) is 7.13. The van der Waals surface area contributed by atoms with Crippen molar-refractivity contribution in [3.8, 4) is 0 Å². The predicted octanol–water partition coefficient (Wildman–Crippen LogP) is 4.08. The number of pyridine rings is 1. The van der Waals surface area contributed by atoms with Gasteiger partial charge in [-0.05, 0) is 52.2 Å². The Balaban J connectivity index is 2.04. The van der Waals surface area contributed by atoms with Crippen molar-refractivity contribution in [3.63, 3.8) is 0 Å². The van der Waals surface area contributed by atoms with Crippen molar-refractivity contribution in [1.29, 1.82) is 0 Å². The van der Waals surface area contributed by atoms with Crippen molar-refractivity contribution in [2.45, 2.75) is 57.7 Å². The molecule has 0 saturated carbocycles. The highest BCUT2D eigenvalue weighted by Crippen LogP contribution is 2.29. The zero-order valence-electron chi connectivity index (χ0n) is 13.4. The Morgan fingerprint density at radius 3 is 2.82 bits per heavy atom. The quantitative estimate of drug-likeness (QED) is 0.865. The van der Waals surface area contributed by atoms with E-state index in [1.165, 1.54) is 0 Å². The molecular weight excluding hydrogens is 300 g/mol. The third kappa shape index (κ3) is 3.20. The van der Waals surface area contributed by atoms with Gasteiger partial charge in [0, 0.05) is 17.5 Å². The standard InChI is InChI=1S/C16H23ClN4O/c1-16(2,3)19-13-8-7-11-12(10-17)20-21(15(11)18-13)14-6-4-5-9-22-14/h7-8,14H,4-6,9-10H2,1-3H3,(H,18,19). The smallest absolute Gasteiger partial charge is 0.163 e. The van der Waals surface area contributed by atoms with Gasteiger partial charge in [-0.1, -0.05) is 0 Å². The molecule has 3 rings (SSSR count). The van der Waals surface area contributed by atoms with E-state index in [1.54, 1.807) is 0 Å². The largest absolute Gasteiger partial charge is 0.365 e. The summed E-state index contributed by atoms with van der Waals surface area (Å²) < 4.78 is 7.77. The van der Waals surface area contributed by atoms with Crippen molar-refractivity contribution in [2.24, 2.45) is 0 Å². The van der Waals surface area contributed by atoms with Crippen LogP contribution in [0.3, 0.4) is 0 Å². The van der Waals surface area contributed by atoms with Crippen LogP contribution in [0.1, 0.15) is 52.0 Å². The van der Waals surface area contributed by atoms with Crippen LogP contribution in [0.15, 0.2) is 12.1 Å². The van der Waals surface area contributed by atoms with E-state index in [9.17, 15) is 0 Å². The molecule has 1 aliphatic rings. The average molecular weight is 323 g/mol. The fraction of sp³-hybridized carbons (Fsp3) is 0.625. The Morgan fingerprint density at radius 1 is 1.36 bits per heavy atom. The number of nitrogens with one attached hydrogen (secondary N) is 1. The first-order valence-electron chi connectivity index (χ1n) is 7.82. The maximum absolute atomic E-state index is 6.04. The third-order valence-corrected chi connectivity index (χ3v) is 3.94. The van der Waals surface area contributed by atoms with E-state index in [4.69, 9.17) is 21.3 Å². The number of hydrogen-bond donors (Lipinski definition) is 1. The van der Waals surface area contributed by atoms with Crippen LogP contribution in [-0.2, 0) is 10.6 Å². The van der Waals surface area contributed by atoms with E-state index < -0.39 is 0 Å². The van der Waals surface area contributed by atoms with E-state index >= 15 is 0 Å². The summed E-state index contributed by atoms with van der Waals surface area (Å²) in [5.41, 5.74) is 1.67. The van der Waals surface area contributed by atoms with E-state index in [2.05, 4.69) is 31.2 Å². The Labute approximate surface area is 136 Å². The second-order valence-corrected chi connectivity index (χ2v) is 7.06. The van der Waals surface area contributed by atoms with Crippen molar-refractivity contribution in [3.05, 3.63) is 17.8 Å². The molecule has 0 aromatic carbocycles. The topological polar surface area (TPSA) is 52.0 Å². The van der Waals surface area contributed by atoms with E-state index in [1.807, 2.05) is 16.8 Å². The van der Waals surface area contributed by atoms with Crippen LogP contribution in [0.4, 0.5) is 5.82 Å². The number of alkyl halides is 1. The number of halogens is 1. The van der Waals surface area contributed by atoms with Crippen LogP contribution in [0.25, 0.3) is 11.0 Å².